The SMILES string of the molecule is CC1(C)CC1n1c(=S)[nH]c2cc(I)ccc21. The van der Waals surface area contributed by atoms with Crippen LogP contribution in [0.15, 0.2) is 18.2 Å². The Morgan fingerprint density at radius 3 is 2.81 bits per heavy atom. The zero-order chi connectivity index (χ0) is 11.5. The predicted molar refractivity (Wildman–Crippen MR) is 77.3 cm³/mol. The van der Waals surface area contributed by atoms with Crippen LogP contribution in [0, 0.1) is 13.8 Å². The molecule has 0 aliphatic heterocycles. The van der Waals surface area contributed by atoms with Gasteiger partial charge in [-0.25, -0.2) is 0 Å². The number of benzene rings is 1. The number of hydrogen-bond donors (Lipinski definition) is 1. The summed E-state index contributed by atoms with van der Waals surface area (Å²) in [6.45, 7) is 4.59. The second kappa shape index (κ2) is 3.32. The molecule has 3 rings (SSSR count). The van der Waals surface area contributed by atoms with Gasteiger partial charge in [-0.05, 0) is 64.8 Å². The maximum Gasteiger partial charge on any atom is 0.178 e. The molecule has 0 saturated heterocycles. The third-order valence-corrected chi connectivity index (χ3v) is 4.42. The number of rotatable bonds is 1. The van der Waals surface area contributed by atoms with Crippen LogP contribution >= 0.6 is 34.8 Å². The highest BCUT2D eigenvalue weighted by Crippen LogP contribution is 2.56. The fraction of sp³-hybridized carbons (Fsp3) is 0.417. The van der Waals surface area contributed by atoms with Gasteiger partial charge in [0.15, 0.2) is 4.77 Å². The first-order chi connectivity index (χ1) is 7.49. The molecule has 1 heterocycles. The van der Waals surface area contributed by atoms with E-state index in [1.807, 2.05) is 0 Å². The van der Waals surface area contributed by atoms with E-state index in [1.54, 1.807) is 0 Å². The lowest BCUT2D eigenvalue weighted by molar-refractivity contribution is 0.546. The Labute approximate surface area is 113 Å². The van der Waals surface area contributed by atoms with Gasteiger partial charge in [0, 0.05) is 9.61 Å². The zero-order valence-corrected chi connectivity index (χ0v) is 12.2. The molecule has 4 heteroatoms. The van der Waals surface area contributed by atoms with Crippen molar-refractivity contribution < 1.29 is 0 Å². The van der Waals surface area contributed by atoms with Crippen molar-refractivity contribution in [3.8, 4) is 0 Å². The topological polar surface area (TPSA) is 20.7 Å². The van der Waals surface area contributed by atoms with Gasteiger partial charge in [0.2, 0.25) is 0 Å². The van der Waals surface area contributed by atoms with Gasteiger partial charge in [-0.2, -0.15) is 0 Å². The molecule has 0 amide bonds. The smallest absolute Gasteiger partial charge is 0.178 e. The van der Waals surface area contributed by atoms with Crippen LogP contribution in [0.4, 0.5) is 0 Å². The van der Waals surface area contributed by atoms with Crippen LogP contribution in [0.1, 0.15) is 26.3 Å². The molecule has 1 N–H and O–H groups in total. The van der Waals surface area contributed by atoms with Crippen LogP contribution in [-0.2, 0) is 0 Å². The van der Waals surface area contributed by atoms with E-state index in [1.165, 1.54) is 15.5 Å². The monoisotopic (exact) mass is 344 g/mol. The molecule has 0 spiro atoms. The van der Waals surface area contributed by atoms with Crippen molar-refractivity contribution >= 4 is 45.8 Å². The van der Waals surface area contributed by atoms with Gasteiger partial charge in [0.25, 0.3) is 0 Å². The standard InChI is InChI=1S/C12H13IN2S/c1-12(2)6-10(12)15-9-4-3-7(13)5-8(9)14-11(15)16/h3-5,10H,6H2,1-2H3,(H,14,16). The van der Waals surface area contributed by atoms with Crippen LogP contribution in [0.2, 0.25) is 0 Å². The number of aromatic amines is 1. The molecule has 1 atom stereocenters. The van der Waals surface area contributed by atoms with Gasteiger partial charge < -0.3 is 9.55 Å². The summed E-state index contributed by atoms with van der Waals surface area (Å²) in [5.41, 5.74) is 2.79. The molecule has 84 valence electrons. The molecule has 1 aliphatic rings. The van der Waals surface area contributed by atoms with Gasteiger partial charge in [-0.3, -0.25) is 0 Å². The highest BCUT2D eigenvalue weighted by Gasteiger charge is 2.47. The van der Waals surface area contributed by atoms with Gasteiger partial charge >= 0.3 is 0 Å². The van der Waals surface area contributed by atoms with Crippen LogP contribution < -0.4 is 0 Å². The first kappa shape index (κ1) is 10.8. The van der Waals surface area contributed by atoms with Crippen molar-refractivity contribution in [2.45, 2.75) is 26.3 Å². The van der Waals surface area contributed by atoms with Crippen molar-refractivity contribution in [3.05, 3.63) is 26.5 Å². The molecule has 16 heavy (non-hydrogen) atoms. The second-order valence-corrected chi connectivity index (χ2v) is 6.80. The molecule has 1 aromatic carbocycles. The number of nitrogens with zero attached hydrogens (tertiary/aromatic N) is 1. The number of hydrogen-bond acceptors (Lipinski definition) is 1. The Morgan fingerprint density at radius 1 is 1.50 bits per heavy atom. The second-order valence-electron chi connectivity index (χ2n) is 5.17. The Kier molecular flexibility index (Phi) is 2.24. The molecule has 1 aliphatic carbocycles. The molecular formula is C12H13IN2S. The Morgan fingerprint density at radius 2 is 2.19 bits per heavy atom. The van der Waals surface area contributed by atoms with Gasteiger partial charge in [-0.15, -0.1) is 0 Å². The van der Waals surface area contributed by atoms with Crippen molar-refractivity contribution in [1.29, 1.82) is 0 Å². The lowest BCUT2D eigenvalue weighted by Gasteiger charge is -2.06. The minimum atomic E-state index is 0.399. The van der Waals surface area contributed by atoms with E-state index in [-0.39, 0.29) is 0 Å². The molecule has 0 radical (unpaired) electrons. The number of H-pyrrole nitrogens is 1. The first-order valence-corrected chi connectivity index (χ1v) is 6.87. The van der Waals surface area contributed by atoms with E-state index in [4.69, 9.17) is 12.2 Å². The molecule has 2 aromatic rings. The number of fused-ring (bicyclic) bond motifs is 1. The van der Waals surface area contributed by atoms with E-state index in [0.29, 0.717) is 11.5 Å². The Bertz CT molecular complexity index is 623. The zero-order valence-electron chi connectivity index (χ0n) is 9.25. The molecule has 0 bridgehead atoms. The van der Waals surface area contributed by atoms with Gasteiger partial charge in [0.1, 0.15) is 0 Å². The molecule has 1 unspecified atom stereocenters. The molecule has 1 fully saturated rings. The molecule has 2 nitrogen and oxygen atoms in total. The van der Waals surface area contributed by atoms with Crippen LogP contribution in [0.3, 0.4) is 0 Å². The predicted octanol–water partition coefficient (Wildman–Crippen LogP) is 4.27. The normalized spacial score (nSPS) is 22.6. The Hall–Kier alpha value is -0.360. The highest BCUT2D eigenvalue weighted by molar-refractivity contribution is 14.1. The minimum absolute atomic E-state index is 0.399. The number of imidazole rings is 1. The van der Waals surface area contributed by atoms with Crippen molar-refractivity contribution in [1.82, 2.24) is 9.55 Å². The summed E-state index contributed by atoms with van der Waals surface area (Å²) in [7, 11) is 0. The summed E-state index contributed by atoms with van der Waals surface area (Å²) in [4.78, 5) is 3.30. The van der Waals surface area contributed by atoms with E-state index in [0.717, 1.165) is 10.3 Å². The van der Waals surface area contributed by atoms with Gasteiger partial charge in [-0.1, -0.05) is 13.8 Å². The maximum atomic E-state index is 5.42. The van der Waals surface area contributed by atoms with E-state index < -0.39 is 0 Å². The Balaban J connectivity index is 2.25. The maximum absolute atomic E-state index is 5.42. The quantitative estimate of drug-likeness (QED) is 0.605. The lowest BCUT2D eigenvalue weighted by atomic mass is 10.2. The summed E-state index contributed by atoms with van der Waals surface area (Å²) in [6.07, 6.45) is 1.22. The summed E-state index contributed by atoms with van der Waals surface area (Å²) in [6, 6.07) is 7.01. The van der Waals surface area contributed by atoms with E-state index in [9.17, 15) is 0 Å². The van der Waals surface area contributed by atoms with Crippen molar-refractivity contribution in [3.63, 3.8) is 0 Å². The number of halogens is 1. The van der Waals surface area contributed by atoms with E-state index >= 15 is 0 Å². The molecule has 1 saturated carbocycles. The van der Waals surface area contributed by atoms with Crippen molar-refractivity contribution in [2.75, 3.05) is 0 Å². The fourth-order valence-electron chi connectivity index (χ4n) is 2.29. The summed E-state index contributed by atoms with van der Waals surface area (Å²) >= 11 is 7.75. The number of nitrogens with one attached hydrogen (secondary N) is 1. The van der Waals surface area contributed by atoms with Crippen LogP contribution in [0.5, 0.6) is 0 Å². The summed E-state index contributed by atoms with van der Waals surface area (Å²) in [5.74, 6) is 0. The third kappa shape index (κ3) is 1.54. The summed E-state index contributed by atoms with van der Waals surface area (Å²) < 4.78 is 4.37. The largest absolute Gasteiger partial charge is 0.331 e. The number of aromatic nitrogens is 2. The lowest BCUT2D eigenvalue weighted by Crippen LogP contribution is -2.00. The summed E-state index contributed by atoms with van der Waals surface area (Å²) in [5, 5.41) is 0. The first-order valence-electron chi connectivity index (χ1n) is 5.39. The third-order valence-electron chi connectivity index (χ3n) is 3.45. The average Bonchev–Trinajstić information content (AvgIpc) is 2.67. The van der Waals surface area contributed by atoms with Crippen LogP contribution in [0.25, 0.3) is 11.0 Å². The van der Waals surface area contributed by atoms with Crippen LogP contribution in [-0.4, -0.2) is 9.55 Å². The molecule has 1 aromatic heterocycles. The van der Waals surface area contributed by atoms with Gasteiger partial charge in [0.05, 0.1) is 11.0 Å². The van der Waals surface area contributed by atoms with E-state index in [2.05, 4.69) is 64.2 Å². The average molecular weight is 344 g/mol. The molecular weight excluding hydrogens is 331 g/mol. The van der Waals surface area contributed by atoms with Crippen molar-refractivity contribution in [2.24, 2.45) is 5.41 Å². The highest BCUT2D eigenvalue weighted by atomic mass is 127. The minimum Gasteiger partial charge on any atom is -0.331 e. The fourth-order valence-corrected chi connectivity index (χ4v) is 3.12.